The van der Waals surface area contributed by atoms with Gasteiger partial charge in [-0.3, -0.25) is 14.1 Å². The van der Waals surface area contributed by atoms with Gasteiger partial charge >= 0.3 is 0 Å². The van der Waals surface area contributed by atoms with Crippen molar-refractivity contribution in [2.24, 2.45) is 0 Å². The quantitative estimate of drug-likeness (QED) is 0.495. The number of hydrogen-bond donors (Lipinski definition) is 1. The second kappa shape index (κ2) is 10.9. The Bertz CT molecular complexity index is 1130. The van der Waals surface area contributed by atoms with Crippen LogP contribution in [0, 0.1) is 0 Å². The third-order valence-electron chi connectivity index (χ3n) is 5.20. The number of pyridine rings is 1. The fourth-order valence-corrected chi connectivity index (χ4v) is 4.56. The van der Waals surface area contributed by atoms with Gasteiger partial charge in [0.15, 0.2) is 0 Å². The largest absolute Gasteiger partial charge is 0.326 e. The molecule has 1 N–H and O–H groups in total. The van der Waals surface area contributed by atoms with Gasteiger partial charge in [-0.2, -0.15) is 0 Å². The second-order valence-corrected chi connectivity index (χ2v) is 9.61. The molecule has 0 aliphatic carbocycles. The summed E-state index contributed by atoms with van der Waals surface area (Å²) in [6.45, 7) is 2.25. The number of anilines is 2. The Balaban J connectivity index is 1.54. The lowest BCUT2D eigenvalue weighted by Crippen LogP contribution is -2.32. The average molecular weight is 452 g/mol. The van der Waals surface area contributed by atoms with Gasteiger partial charge in [-0.05, 0) is 66.3 Å². The molecule has 0 fully saturated rings. The SMILES string of the molecule is CCc1ccccc1N(CCCC(=O)Nc1ccc(Cc2ccncc2)cc1)S(C)(=O)=O. The van der Waals surface area contributed by atoms with Crippen LogP contribution in [-0.2, 0) is 27.7 Å². The normalized spacial score (nSPS) is 11.2. The van der Waals surface area contributed by atoms with Crippen LogP contribution < -0.4 is 9.62 Å². The zero-order valence-corrected chi connectivity index (χ0v) is 19.3. The first-order valence-electron chi connectivity index (χ1n) is 10.7. The number of amides is 1. The molecular formula is C25H29N3O3S. The molecule has 0 radical (unpaired) electrons. The number of nitrogens with zero attached hydrogens (tertiary/aromatic N) is 2. The van der Waals surface area contributed by atoms with Crippen molar-refractivity contribution in [2.45, 2.75) is 32.6 Å². The van der Waals surface area contributed by atoms with Gasteiger partial charge in [0.2, 0.25) is 15.9 Å². The maximum atomic E-state index is 12.4. The van der Waals surface area contributed by atoms with Gasteiger partial charge in [-0.1, -0.05) is 37.3 Å². The summed E-state index contributed by atoms with van der Waals surface area (Å²) >= 11 is 0. The van der Waals surface area contributed by atoms with Crippen molar-refractivity contribution in [1.29, 1.82) is 0 Å². The summed E-state index contributed by atoms with van der Waals surface area (Å²) in [7, 11) is -3.44. The van der Waals surface area contributed by atoms with Crippen molar-refractivity contribution in [3.05, 3.63) is 89.7 Å². The maximum absolute atomic E-state index is 12.4. The molecule has 0 aliphatic heterocycles. The molecule has 3 rings (SSSR count). The van der Waals surface area contributed by atoms with Crippen LogP contribution in [0.5, 0.6) is 0 Å². The number of aromatic nitrogens is 1. The van der Waals surface area contributed by atoms with Gasteiger partial charge in [-0.15, -0.1) is 0 Å². The van der Waals surface area contributed by atoms with E-state index < -0.39 is 10.0 Å². The van der Waals surface area contributed by atoms with E-state index in [-0.39, 0.29) is 18.9 Å². The van der Waals surface area contributed by atoms with E-state index in [1.165, 1.54) is 16.1 Å². The van der Waals surface area contributed by atoms with Crippen LogP contribution in [0.25, 0.3) is 0 Å². The van der Waals surface area contributed by atoms with Gasteiger partial charge in [0.25, 0.3) is 0 Å². The van der Waals surface area contributed by atoms with Crippen molar-refractivity contribution < 1.29 is 13.2 Å². The standard InChI is InChI=1S/C25H29N3O3S/c1-3-22-7-4-5-8-24(22)28(32(2,30)31)18-6-9-25(29)27-23-12-10-20(11-13-23)19-21-14-16-26-17-15-21/h4-5,7-8,10-17H,3,6,9,18-19H2,1-2H3,(H,27,29). The van der Waals surface area contributed by atoms with Crippen molar-refractivity contribution in [2.75, 3.05) is 22.4 Å². The molecule has 0 saturated heterocycles. The molecule has 0 aliphatic rings. The third-order valence-corrected chi connectivity index (χ3v) is 6.38. The monoisotopic (exact) mass is 451 g/mol. The smallest absolute Gasteiger partial charge is 0.232 e. The molecule has 6 nitrogen and oxygen atoms in total. The van der Waals surface area contributed by atoms with E-state index >= 15 is 0 Å². The number of nitrogens with one attached hydrogen (secondary N) is 1. The fraction of sp³-hybridized carbons (Fsp3) is 0.280. The Hall–Kier alpha value is -3.19. The third kappa shape index (κ3) is 6.65. The molecule has 0 unspecified atom stereocenters. The highest BCUT2D eigenvalue weighted by molar-refractivity contribution is 7.92. The zero-order valence-electron chi connectivity index (χ0n) is 18.5. The first-order valence-corrected chi connectivity index (χ1v) is 12.5. The molecule has 0 spiro atoms. The molecule has 168 valence electrons. The number of rotatable bonds is 10. The van der Waals surface area contributed by atoms with Gasteiger partial charge in [-0.25, -0.2) is 8.42 Å². The second-order valence-electron chi connectivity index (χ2n) is 7.70. The van der Waals surface area contributed by atoms with Gasteiger partial charge in [0.05, 0.1) is 11.9 Å². The van der Waals surface area contributed by atoms with E-state index in [4.69, 9.17) is 0 Å². The number of para-hydroxylation sites is 1. The summed E-state index contributed by atoms with van der Waals surface area (Å²) in [4.78, 5) is 16.4. The van der Waals surface area contributed by atoms with E-state index in [0.29, 0.717) is 12.1 Å². The highest BCUT2D eigenvalue weighted by atomic mass is 32.2. The molecule has 32 heavy (non-hydrogen) atoms. The Labute approximate surface area is 190 Å². The van der Waals surface area contributed by atoms with Crippen LogP contribution in [0.15, 0.2) is 73.1 Å². The fourth-order valence-electron chi connectivity index (χ4n) is 3.57. The lowest BCUT2D eigenvalue weighted by molar-refractivity contribution is -0.116. The minimum atomic E-state index is -3.44. The molecule has 7 heteroatoms. The van der Waals surface area contributed by atoms with E-state index in [0.717, 1.165) is 29.7 Å². The van der Waals surface area contributed by atoms with Gasteiger partial charge < -0.3 is 5.32 Å². The number of hydrogen-bond acceptors (Lipinski definition) is 4. The molecule has 0 saturated carbocycles. The summed E-state index contributed by atoms with van der Waals surface area (Å²) in [5.41, 5.74) is 4.70. The van der Waals surface area contributed by atoms with Crippen LogP contribution in [0.3, 0.4) is 0 Å². The predicted molar refractivity (Wildman–Crippen MR) is 129 cm³/mol. The predicted octanol–water partition coefficient (Wildman–Crippen LogP) is 4.42. The number of sulfonamides is 1. The molecular weight excluding hydrogens is 422 g/mol. The minimum absolute atomic E-state index is 0.135. The van der Waals surface area contributed by atoms with Crippen molar-refractivity contribution in [3.63, 3.8) is 0 Å². The molecule has 2 aromatic carbocycles. The molecule has 0 bridgehead atoms. The Morgan fingerprint density at radius 2 is 1.62 bits per heavy atom. The maximum Gasteiger partial charge on any atom is 0.232 e. The molecule has 1 heterocycles. The van der Waals surface area contributed by atoms with Gasteiger partial charge in [0.1, 0.15) is 0 Å². The summed E-state index contributed by atoms with van der Waals surface area (Å²) in [5.74, 6) is -0.135. The average Bonchev–Trinajstić information content (AvgIpc) is 2.78. The number of carbonyl (C=O) groups excluding carboxylic acids is 1. The number of benzene rings is 2. The van der Waals surface area contributed by atoms with Crippen molar-refractivity contribution >= 4 is 27.3 Å². The highest BCUT2D eigenvalue weighted by Gasteiger charge is 2.19. The summed E-state index contributed by atoms with van der Waals surface area (Å²) in [6.07, 6.45) is 6.95. The molecule has 3 aromatic rings. The van der Waals surface area contributed by atoms with Crippen molar-refractivity contribution in [1.82, 2.24) is 4.98 Å². The topological polar surface area (TPSA) is 79.4 Å². The van der Waals surface area contributed by atoms with E-state index in [9.17, 15) is 13.2 Å². The molecule has 1 aromatic heterocycles. The Kier molecular flexibility index (Phi) is 8.00. The minimum Gasteiger partial charge on any atom is -0.326 e. The van der Waals surface area contributed by atoms with Crippen molar-refractivity contribution in [3.8, 4) is 0 Å². The lowest BCUT2D eigenvalue weighted by atomic mass is 10.1. The van der Waals surface area contributed by atoms with Crippen LogP contribution in [0.2, 0.25) is 0 Å². The summed E-state index contributed by atoms with van der Waals surface area (Å²) in [6, 6.07) is 19.2. The molecule has 0 atom stereocenters. The number of carbonyl (C=O) groups is 1. The lowest BCUT2D eigenvalue weighted by Gasteiger charge is -2.24. The summed E-state index contributed by atoms with van der Waals surface area (Å²) < 4.78 is 26.1. The van der Waals surface area contributed by atoms with Crippen LogP contribution in [-0.4, -0.2) is 32.1 Å². The van der Waals surface area contributed by atoms with E-state index in [2.05, 4.69) is 10.3 Å². The van der Waals surface area contributed by atoms with Crippen LogP contribution in [0.1, 0.15) is 36.5 Å². The summed E-state index contributed by atoms with van der Waals surface area (Å²) in [5, 5.41) is 2.89. The van der Waals surface area contributed by atoms with Crippen LogP contribution in [0.4, 0.5) is 11.4 Å². The molecule has 1 amide bonds. The zero-order chi connectivity index (χ0) is 23.0. The Morgan fingerprint density at radius 1 is 0.969 bits per heavy atom. The highest BCUT2D eigenvalue weighted by Crippen LogP contribution is 2.24. The number of aryl methyl sites for hydroxylation is 1. The first kappa shape index (κ1) is 23.5. The van der Waals surface area contributed by atoms with E-state index in [1.807, 2.05) is 67.6 Å². The Morgan fingerprint density at radius 3 is 2.28 bits per heavy atom. The first-order chi connectivity index (χ1) is 15.4. The van der Waals surface area contributed by atoms with Gasteiger partial charge in [0, 0.05) is 31.0 Å². The van der Waals surface area contributed by atoms with Crippen LogP contribution >= 0.6 is 0 Å². The van der Waals surface area contributed by atoms with E-state index in [1.54, 1.807) is 12.4 Å².